The molecule has 2 N–H and O–H groups in total. The maximum Gasteiger partial charge on any atom is 0.408 e. The quantitative estimate of drug-likeness (QED) is 0.373. The van der Waals surface area contributed by atoms with Crippen LogP contribution in [0, 0.1) is 0 Å². The van der Waals surface area contributed by atoms with E-state index in [0.29, 0.717) is 5.56 Å². The number of carbonyl (C=O) groups excluding carboxylic acids is 3. The molecular weight excluding hydrogens is 446 g/mol. The third-order valence-corrected chi connectivity index (χ3v) is 5.29. The Hall–Kier alpha value is -3.65. The number of aromatic amines is 1. The highest BCUT2D eigenvalue weighted by Gasteiger charge is 2.29. The van der Waals surface area contributed by atoms with Gasteiger partial charge in [0, 0.05) is 30.1 Å². The summed E-state index contributed by atoms with van der Waals surface area (Å²) in [5, 5.41) is 3.28. The van der Waals surface area contributed by atoms with E-state index < -0.39 is 29.7 Å². The molecule has 1 aromatic heterocycles. The molecular formula is C27H33N3O5. The molecule has 0 aliphatic rings. The number of benzene rings is 2. The smallest absolute Gasteiger partial charge is 0.408 e. The number of hydrogen-bond acceptors (Lipinski definition) is 6. The Kier molecular flexibility index (Phi) is 8.30. The predicted molar refractivity (Wildman–Crippen MR) is 134 cm³/mol. The molecule has 0 unspecified atom stereocenters. The molecule has 0 aliphatic carbocycles. The summed E-state index contributed by atoms with van der Waals surface area (Å²) in [5.74, 6) is -1.62. The van der Waals surface area contributed by atoms with Crippen LogP contribution < -0.4 is 5.32 Å². The van der Waals surface area contributed by atoms with Gasteiger partial charge in [-0.1, -0.05) is 36.4 Å². The number of ether oxygens (including phenoxy) is 2. The molecule has 3 aromatic rings. The Bertz CT molecular complexity index is 1180. The molecule has 8 heteroatoms. The molecule has 1 amide bonds. The van der Waals surface area contributed by atoms with Gasteiger partial charge in [-0.25, -0.2) is 14.4 Å². The van der Waals surface area contributed by atoms with E-state index in [4.69, 9.17) is 9.47 Å². The van der Waals surface area contributed by atoms with Crippen molar-refractivity contribution in [1.82, 2.24) is 15.2 Å². The van der Waals surface area contributed by atoms with Crippen molar-refractivity contribution >= 4 is 28.9 Å². The lowest BCUT2D eigenvalue weighted by Crippen LogP contribution is -2.46. The molecule has 3 rings (SSSR count). The van der Waals surface area contributed by atoms with Gasteiger partial charge < -0.3 is 24.7 Å². The third-order valence-electron chi connectivity index (χ3n) is 5.29. The van der Waals surface area contributed by atoms with Crippen LogP contribution in [0.15, 0.2) is 54.7 Å². The number of fused-ring (bicyclic) bond motifs is 1. The van der Waals surface area contributed by atoms with E-state index in [-0.39, 0.29) is 6.42 Å². The van der Waals surface area contributed by atoms with Crippen LogP contribution in [0.5, 0.6) is 0 Å². The van der Waals surface area contributed by atoms with Crippen molar-refractivity contribution < 1.29 is 23.9 Å². The summed E-state index contributed by atoms with van der Waals surface area (Å²) in [5.41, 5.74) is 2.10. The maximum atomic E-state index is 13.1. The number of rotatable bonds is 8. The molecule has 2 aromatic carbocycles. The number of amides is 1. The first-order valence-electron chi connectivity index (χ1n) is 11.6. The summed E-state index contributed by atoms with van der Waals surface area (Å²) in [7, 11) is 3.96. The number of alkyl carbamates (subject to hydrolysis) is 1. The third kappa shape index (κ3) is 7.42. The molecule has 0 spiro atoms. The molecule has 0 aliphatic heterocycles. The monoisotopic (exact) mass is 479 g/mol. The average Bonchev–Trinajstić information content (AvgIpc) is 3.20. The second-order valence-corrected chi connectivity index (χ2v) is 9.69. The Morgan fingerprint density at radius 2 is 1.74 bits per heavy atom. The van der Waals surface area contributed by atoms with Gasteiger partial charge in [-0.15, -0.1) is 0 Å². The van der Waals surface area contributed by atoms with E-state index in [0.717, 1.165) is 35.0 Å². The van der Waals surface area contributed by atoms with Crippen LogP contribution in [0.1, 0.15) is 42.3 Å². The lowest BCUT2D eigenvalue weighted by atomic mass is 10.0. The van der Waals surface area contributed by atoms with Crippen LogP contribution in [0.25, 0.3) is 10.9 Å². The fourth-order valence-electron chi connectivity index (χ4n) is 3.68. The van der Waals surface area contributed by atoms with E-state index in [1.165, 1.54) is 0 Å². The van der Waals surface area contributed by atoms with Crippen molar-refractivity contribution in [3.8, 4) is 0 Å². The highest BCUT2D eigenvalue weighted by atomic mass is 16.6. The van der Waals surface area contributed by atoms with E-state index in [9.17, 15) is 14.4 Å². The van der Waals surface area contributed by atoms with Gasteiger partial charge in [-0.2, -0.15) is 0 Å². The summed E-state index contributed by atoms with van der Waals surface area (Å²) in [6.07, 6.45) is 1.98. The molecule has 0 radical (unpaired) electrons. The van der Waals surface area contributed by atoms with Gasteiger partial charge in [0.15, 0.2) is 0 Å². The molecule has 0 saturated carbocycles. The lowest BCUT2D eigenvalue weighted by Gasteiger charge is -2.23. The van der Waals surface area contributed by atoms with Gasteiger partial charge in [-0.05, 0) is 64.5 Å². The number of esters is 2. The number of nitrogens with one attached hydrogen (secondary N) is 2. The molecule has 8 nitrogen and oxygen atoms in total. The zero-order valence-corrected chi connectivity index (χ0v) is 20.9. The van der Waals surface area contributed by atoms with Gasteiger partial charge in [0.25, 0.3) is 0 Å². The van der Waals surface area contributed by atoms with Crippen LogP contribution in [0.2, 0.25) is 0 Å². The molecule has 0 bridgehead atoms. The molecule has 0 saturated heterocycles. The standard InChI is InChI=1S/C27H33N3O5/c1-27(2,3)35-26(33)29-22(16-18-10-7-6-8-11-18)25(32)34-24(31)20-12-9-13-21-23(20)19(17-28-21)14-15-30(4)5/h6-13,17,22,28H,14-16H2,1-5H3,(H,29,33)/t22-/m0/s1. The summed E-state index contributed by atoms with van der Waals surface area (Å²) < 4.78 is 10.6. The number of likely N-dealkylation sites (N-methyl/N-ethyl adjacent to an activating group) is 1. The van der Waals surface area contributed by atoms with Crippen LogP contribution in [0.4, 0.5) is 4.79 Å². The number of H-pyrrole nitrogens is 1. The molecule has 186 valence electrons. The van der Waals surface area contributed by atoms with Gasteiger partial charge >= 0.3 is 18.0 Å². The highest BCUT2D eigenvalue weighted by Crippen LogP contribution is 2.24. The first kappa shape index (κ1) is 26.0. The maximum absolute atomic E-state index is 13.1. The fourth-order valence-corrected chi connectivity index (χ4v) is 3.68. The van der Waals surface area contributed by atoms with E-state index in [1.807, 2.05) is 56.7 Å². The second kappa shape index (κ2) is 11.2. The second-order valence-electron chi connectivity index (χ2n) is 9.69. The first-order chi connectivity index (χ1) is 16.5. The molecule has 35 heavy (non-hydrogen) atoms. The van der Waals surface area contributed by atoms with Gasteiger partial charge in [0.1, 0.15) is 11.6 Å². The number of nitrogens with zero attached hydrogens (tertiary/aromatic N) is 1. The Labute approximate surface area is 205 Å². The highest BCUT2D eigenvalue weighted by molar-refractivity contribution is 6.08. The predicted octanol–water partition coefficient (Wildman–Crippen LogP) is 4.09. The summed E-state index contributed by atoms with van der Waals surface area (Å²) in [6, 6.07) is 13.3. The van der Waals surface area contributed by atoms with Crippen molar-refractivity contribution in [2.75, 3.05) is 20.6 Å². The van der Waals surface area contributed by atoms with Crippen LogP contribution in [-0.2, 0) is 27.1 Å². The lowest BCUT2D eigenvalue weighted by molar-refractivity contribution is -0.140. The average molecular weight is 480 g/mol. The van der Waals surface area contributed by atoms with Crippen LogP contribution >= 0.6 is 0 Å². The minimum Gasteiger partial charge on any atom is -0.444 e. The summed E-state index contributed by atoms with van der Waals surface area (Å²) in [4.78, 5) is 43.8. The summed E-state index contributed by atoms with van der Waals surface area (Å²) >= 11 is 0. The van der Waals surface area contributed by atoms with Gasteiger partial charge in [0.2, 0.25) is 0 Å². The van der Waals surface area contributed by atoms with E-state index in [1.54, 1.807) is 32.9 Å². The van der Waals surface area contributed by atoms with Crippen LogP contribution in [-0.4, -0.2) is 60.2 Å². The van der Waals surface area contributed by atoms with Gasteiger partial charge in [-0.3, -0.25) is 0 Å². The van der Waals surface area contributed by atoms with Crippen LogP contribution in [0.3, 0.4) is 0 Å². The SMILES string of the molecule is CN(C)CCc1c[nH]c2cccc(C(=O)OC(=O)[C@H](Cc3ccccc3)NC(=O)OC(C)(C)C)c12. The van der Waals surface area contributed by atoms with E-state index in [2.05, 4.69) is 15.2 Å². The van der Waals surface area contributed by atoms with E-state index >= 15 is 0 Å². The minimum atomic E-state index is -1.10. The van der Waals surface area contributed by atoms with Gasteiger partial charge in [0.05, 0.1) is 5.56 Å². The number of carbonyl (C=O) groups is 3. The fraction of sp³-hybridized carbons (Fsp3) is 0.370. The Morgan fingerprint density at radius 1 is 1.03 bits per heavy atom. The minimum absolute atomic E-state index is 0.147. The Balaban J connectivity index is 1.82. The van der Waals surface area contributed by atoms with Crippen molar-refractivity contribution in [2.45, 2.75) is 45.3 Å². The van der Waals surface area contributed by atoms with Crippen molar-refractivity contribution in [2.24, 2.45) is 0 Å². The number of aromatic nitrogens is 1. The molecule has 1 atom stereocenters. The van der Waals surface area contributed by atoms with Crippen molar-refractivity contribution in [3.05, 3.63) is 71.4 Å². The zero-order chi connectivity index (χ0) is 25.6. The summed E-state index contributed by atoms with van der Waals surface area (Å²) in [6.45, 7) is 5.98. The molecule has 1 heterocycles. The van der Waals surface area contributed by atoms with Crippen molar-refractivity contribution in [3.63, 3.8) is 0 Å². The largest absolute Gasteiger partial charge is 0.444 e. The van der Waals surface area contributed by atoms with Crippen molar-refractivity contribution in [1.29, 1.82) is 0 Å². The Morgan fingerprint density at radius 3 is 2.40 bits per heavy atom. The number of hydrogen-bond donors (Lipinski definition) is 2. The zero-order valence-electron chi connectivity index (χ0n) is 20.9. The first-order valence-corrected chi connectivity index (χ1v) is 11.6. The normalized spacial score (nSPS) is 12.4. The molecule has 0 fully saturated rings. The topological polar surface area (TPSA) is 101 Å².